The largest absolute Gasteiger partial charge is 0.392 e. The van der Waals surface area contributed by atoms with E-state index in [1.54, 1.807) is 6.92 Å². The third-order valence-electron chi connectivity index (χ3n) is 3.27. The van der Waals surface area contributed by atoms with Crippen LogP contribution in [0.5, 0.6) is 0 Å². The van der Waals surface area contributed by atoms with Crippen molar-refractivity contribution in [2.24, 2.45) is 5.92 Å². The monoisotopic (exact) mass is 303 g/mol. The lowest BCUT2D eigenvalue weighted by Gasteiger charge is -2.26. The van der Waals surface area contributed by atoms with E-state index in [2.05, 4.69) is 0 Å². The van der Waals surface area contributed by atoms with Gasteiger partial charge >= 0.3 is 0 Å². The highest BCUT2D eigenvalue weighted by molar-refractivity contribution is 7.89. The van der Waals surface area contributed by atoms with Crippen LogP contribution in [0.3, 0.4) is 0 Å². The molecule has 114 valence electrons. The summed E-state index contributed by atoms with van der Waals surface area (Å²) in [5, 5.41) is 9.05. The van der Waals surface area contributed by atoms with Gasteiger partial charge in [0.1, 0.15) is 10.7 Å². The van der Waals surface area contributed by atoms with Crippen LogP contribution in [0.1, 0.15) is 32.8 Å². The molecule has 0 saturated carbocycles. The summed E-state index contributed by atoms with van der Waals surface area (Å²) in [7, 11) is -2.45. The Morgan fingerprint density at radius 3 is 2.40 bits per heavy atom. The second kappa shape index (κ2) is 6.65. The van der Waals surface area contributed by atoms with Gasteiger partial charge in [-0.15, -0.1) is 0 Å². The molecule has 0 amide bonds. The van der Waals surface area contributed by atoms with E-state index in [0.29, 0.717) is 17.9 Å². The van der Waals surface area contributed by atoms with E-state index in [9.17, 15) is 12.8 Å². The fourth-order valence-electron chi connectivity index (χ4n) is 2.07. The van der Waals surface area contributed by atoms with Gasteiger partial charge in [-0.1, -0.05) is 19.9 Å². The summed E-state index contributed by atoms with van der Waals surface area (Å²) < 4.78 is 39.9. The number of rotatable bonds is 6. The Morgan fingerprint density at radius 1 is 1.30 bits per heavy atom. The third-order valence-corrected chi connectivity index (χ3v) is 5.26. The molecular weight excluding hydrogens is 281 g/mol. The standard InChI is InChI=1S/C14H22FNO3S/c1-10(2)7-11(3)16(4)20(18,19)14-8-12(9-17)5-6-13(14)15/h5-6,8,10-11,17H,7,9H2,1-4H3. The molecule has 0 bridgehead atoms. The molecule has 0 radical (unpaired) electrons. The molecule has 1 aromatic rings. The van der Waals surface area contributed by atoms with Gasteiger partial charge in [0.15, 0.2) is 0 Å². The van der Waals surface area contributed by atoms with Crippen molar-refractivity contribution in [3.8, 4) is 0 Å². The van der Waals surface area contributed by atoms with Gasteiger partial charge in [-0.2, -0.15) is 4.31 Å². The highest BCUT2D eigenvalue weighted by atomic mass is 32.2. The number of nitrogens with zero attached hydrogens (tertiary/aromatic N) is 1. The van der Waals surface area contributed by atoms with Gasteiger partial charge in [0.05, 0.1) is 6.61 Å². The van der Waals surface area contributed by atoms with Crippen molar-refractivity contribution in [2.45, 2.75) is 44.7 Å². The maximum Gasteiger partial charge on any atom is 0.245 e. The number of benzene rings is 1. The zero-order valence-corrected chi connectivity index (χ0v) is 13.1. The van der Waals surface area contributed by atoms with Crippen molar-refractivity contribution in [3.63, 3.8) is 0 Å². The number of hydrogen-bond donors (Lipinski definition) is 1. The fourth-order valence-corrected chi connectivity index (χ4v) is 3.55. The average Bonchev–Trinajstić information content (AvgIpc) is 2.37. The summed E-state index contributed by atoms with van der Waals surface area (Å²) >= 11 is 0. The molecule has 0 aliphatic heterocycles. The molecule has 0 spiro atoms. The Kier molecular flexibility index (Phi) is 5.68. The Labute approximate surface area is 120 Å². The van der Waals surface area contributed by atoms with Crippen LogP contribution in [0.4, 0.5) is 4.39 Å². The number of aliphatic hydroxyl groups excluding tert-OH is 1. The number of aliphatic hydroxyl groups is 1. The molecule has 1 N–H and O–H groups in total. The molecular formula is C14H22FNO3S. The molecule has 1 rings (SSSR count). The molecule has 1 unspecified atom stereocenters. The van der Waals surface area contributed by atoms with E-state index < -0.39 is 15.8 Å². The number of halogens is 1. The van der Waals surface area contributed by atoms with Crippen LogP contribution in [-0.2, 0) is 16.6 Å². The maximum atomic E-state index is 13.8. The lowest BCUT2D eigenvalue weighted by atomic mass is 10.1. The van der Waals surface area contributed by atoms with Gasteiger partial charge in [0.25, 0.3) is 0 Å². The first-order valence-electron chi connectivity index (χ1n) is 6.57. The van der Waals surface area contributed by atoms with Gasteiger partial charge in [-0.05, 0) is 37.0 Å². The molecule has 0 aliphatic rings. The quantitative estimate of drug-likeness (QED) is 0.878. The fraction of sp³-hybridized carbons (Fsp3) is 0.571. The predicted molar refractivity (Wildman–Crippen MR) is 76.2 cm³/mol. The minimum absolute atomic E-state index is 0.225. The Morgan fingerprint density at radius 2 is 1.90 bits per heavy atom. The second-order valence-electron chi connectivity index (χ2n) is 5.42. The highest BCUT2D eigenvalue weighted by Crippen LogP contribution is 2.23. The van der Waals surface area contributed by atoms with Crippen LogP contribution >= 0.6 is 0 Å². The average molecular weight is 303 g/mol. The van der Waals surface area contributed by atoms with Crippen LogP contribution in [0.25, 0.3) is 0 Å². The van der Waals surface area contributed by atoms with Gasteiger partial charge < -0.3 is 5.11 Å². The highest BCUT2D eigenvalue weighted by Gasteiger charge is 2.28. The first kappa shape index (κ1) is 17.1. The maximum absolute atomic E-state index is 13.8. The topological polar surface area (TPSA) is 57.6 Å². The van der Waals surface area contributed by atoms with E-state index in [0.717, 1.165) is 6.07 Å². The van der Waals surface area contributed by atoms with Crippen molar-refractivity contribution in [1.29, 1.82) is 0 Å². The van der Waals surface area contributed by atoms with Crippen LogP contribution < -0.4 is 0 Å². The first-order valence-corrected chi connectivity index (χ1v) is 8.01. The number of hydrogen-bond acceptors (Lipinski definition) is 3. The van der Waals surface area contributed by atoms with Crippen molar-refractivity contribution in [2.75, 3.05) is 7.05 Å². The minimum Gasteiger partial charge on any atom is -0.392 e. The summed E-state index contributed by atoms with van der Waals surface area (Å²) in [6.45, 7) is 5.48. The molecule has 0 fully saturated rings. The van der Waals surface area contributed by atoms with Crippen LogP contribution in [-0.4, -0.2) is 30.9 Å². The van der Waals surface area contributed by atoms with Gasteiger partial charge in [-0.25, -0.2) is 12.8 Å². The zero-order valence-electron chi connectivity index (χ0n) is 12.3. The molecule has 6 heteroatoms. The SMILES string of the molecule is CC(C)CC(C)N(C)S(=O)(=O)c1cc(CO)ccc1F. The first-order chi connectivity index (χ1) is 9.20. The normalized spacial score (nSPS) is 14.0. The molecule has 0 aliphatic carbocycles. The second-order valence-corrected chi connectivity index (χ2v) is 7.39. The summed E-state index contributed by atoms with van der Waals surface area (Å²) in [5.41, 5.74) is 0.370. The smallest absolute Gasteiger partial charge is 0.245 e. The summed E-state index contributed by atoms with van der Waals surface area (Å²) in [6, 6.07) is 3.39. The van der Waals surface area contributed by atoms with E-state index >= 15 is 0 Å². The molecule has 0 saturated heterocycles. The lowest BCUT2D eigenvalue weighted by Crippen LogP contribution is -2.36. The molecule has 20 heavy (non-hydrogen) atoms. The Bertz CT molecular complexity index is 558. The number of sulfonamides is 1. The predicted octanol–water partition coefficient (Wildman–Crippen LogP) is 2.37. The lowest BCUT2D eigenvalue weighted by molar-refractivity contribution is 0.281. The van der Waals surface area contributed by atoms with Crippen LogP contribution in [0.15, 0.2) is 23.1 Å². The van der Waals surface area contributed by atoms with Gasteiger partial charge in [0.2, 0.25) is 10.0 Å². The van der Waals surface area contributed by atoms with Crippen LogP contribution in [0, 0.1) is 11.7 Å². The van der Waals surface area contributed by atoms with E-state index in [1.165, 1.54) is 23.5 Å². The molecule has 1 aromatic carbocycles. The van der Waals surface area contributed by atoms with Crippen molar-refractivity contribution < 1.29 is 17.9 Å². The summed E-state index contributed by atoms with van der Waals surface area (Å²) in [5.74, 6) is -0.456. The third kappa shape index (κ3) is 3.77. The van der Waals surface area contributed by atoms with E-state index in [1.807, 2.05) is 13.8 Å². The van der Waals surface area contributed by atoms with E-state index in [4.69, 9.17) is 5.11 Å². The van der Waals surface area contributed by atoms with Gasteiger partial charge in [0, 0.05) is 13.1 Å². The van der Waals surface area contributed by atoms with Crippen molar-refractivity contribution in [3.05, 3.63) is 29.6 Å². The van der Waals surface area contributed by atoms with Crippen molar-refractivity contribution in [1.82, 2.24) is 4.31 Å². The molecule has 1 atom stereocenters. The van der Waals surface area contributed by atoms with E-state index in [-0.39, 0.29) is 17.5 Å². The Hall–Kier alpha value is -0.980. The Balaban J connectivity index is 3.16. The minimum atomic E-state index is -3.90. The molecule has 4 nitrogen and oxygen atoms in total. The van der Waals surface area contributed by atoms with Crippen LogP contribution in [0.2, 0.25) is 0 Å². The summed E-state index contributed by atoms with van der Waals surface area (Å²) in [4.78, 5) is -0.387. The van der Waals surface area contributed by atoms with Gasteiger partial charge in [-0.3, -0.25) is 0 Å². The molecule has 0 heterocycles. The summed E-state index contributed by atoms with van der Waals surface area (Å²) in [6.07, 6.45) is 0.692. The zero-order chi connectivity index (χ0) is 15.5. The van der Waals surface area contributed by atoms with Crippen molar-refractivity contribution >= 4 is 10.0 Å². The molecule has 0 aromatic heterocycles.